The van der Waals surface area contributed by atoms with Crippen LogP contribution in [-0.4, -0.2) is 46.4 Å². The molecule has 0 radical (unpaired) electrons. The van der Waals surface area contributed by atoms with E-state index in [1.807, 2.05) is 19.1 Å². The van der Waals surface area contributed by atoms with E-state index in [0.29, 0.717) is 17.8 Å². The van der Waals surface area contributed by atoms with E-state index in [-0.39, 0.29) is 17.7 Å². The molecule has 0 aromatic heterocycles. The van der Waals surface area contributed by atoms with Gasteiger partial charge in [0.15, 0.2) is 0 Å². The number of benzene rings is 1. The highest BCUT2D eigenvalue weighted by Crippen LogP contribution is 2.53. The van der Waals surface area contributed by atoms with Gasteiger partial charge in [0, 0.05) is 23.8 Å². The van der Waals surface area contributed by atoms with E-state index in [1.165, 1.54) is 4.90 Å². The van der Waals surface area contributed by atoms with Crippen LogP contribution in [0.3, 0.4) is 0 Å². The molecule has 3 aliphatic heterocycles. The van der Waals surface area contributed by atoms with E-state index in [2.05, 4.69) is 10.6 Å². The number of carbonyl (C=O) groups is 3. The van der Waals surface area contributed by atoms with Crippen molar-refractivity contribution < 1.29 is 19.5 Å². The second-order valence-electron chi connectivity index (χ2n) is 7.40. The van der Waals surface area contributed by atoms with E-state index in [1.54, 1.807) is 19.1 Å². The summed E-state index contributed by atoms with van der Waals surface area (Å²) >= 11 is 0. The van der Waals surface area contributed by atoms with E-state index in [0.717, 1.165) is 12.8 Å². The summed E-state index contributed by atoms with van der Waals surface area (Å²) in [6.45, 7) is 3.93. The highest BCUT2D eigenvalue weighted by atomic mass is 16.3. The van der Waals surface area contributed by atoms with Gasteiger partial charge in [0.2, 0.25) is 17.7 Å². The first kappa shape index (κ1) is 17.2. The van der Waals surface area contributed by atoms with Crippen molar-refractivity contribution in [3.05, 3.63) is 29.8 Å². The summed E-state index contributed by atoms with van der Waals surface area (Å²) in [7, 11) is 0. The number of likely N-dealkylation sites (tertiary alicyclic amines) is 1. The number of rotatable bonds is 4. The fourth-order valence-corrected chi connectivity index (χ4v) is 4.70. The molecule has 3 heterocycles. The van der Waals surface area contributed by atoms with Gasteiger partial charge < -0.3 is 10.4 Å². The summed E-state index contributed by atoms with van der Waals surface area (Å²) in [6.07, 6.45) is 0.712. The maximum Gasteiger partial charge on any atom is 0.250 e. The Kier molecular flexibility index (Phi) is 3.89. The van der Waals surface area contributed by atoms with Crippen molar-refractivity contribution in [3.8, 4) is 0 Å². The average Bonchev–Trinajstić information content (AvgIpc) is 3.20. The molecule has 2 saturated heterocycles. The molecular weight excluding hydrogens is 334 g/mol. The molecular formula is C19H23N3O4. The van der Waals surface area contributed by atoms with E-state index in [4.69, 9.17) is 0 Å². The Morgan fingerprint density at radius 1 is 1.23 bits per heavy atom. The van der Waals surface area contributed by atoms with Gasteiger partial charge in [-0.1, -0.05) is 31.5 Å². The van der Waals surface area contributed by atoms with Gasteiger partial charge in [-0.25, -0.2) is 0 Å². The van der Waals surface area contributed by atoms with Crippen LogP contribution in [-0.2, 0) is 19.9 Å². The first-order chi connectivity index (χ1) is 12.4. The fraction of sp³-hybridized carbons (Fsp3) is 0.526. The molecule has 26 heavy (non-hydrogen) atoms. The summed E-state index contributed by atoms with van der Waals surface area (Å²) in [6, 6.07) is 6.55. The number of aliphatic hydroxyl groups is 1. The molecule has 4 rings (SSSR count). The molecule has 138 valence electrons. The summed E-state index contributed by atoms with van der Waals surface area (Å²) in [4.78, 5) is 40.5. The van der Waals surface area contributed by atoms with Crippen molar-refractivity contribution in [2.24, 2.45) is 11.8 Å². The second kappa shape index (κ2) is 5.89. The minimum Gasteiger partial charge on any atom is -0.392 e. The normalized spacial score (nSPS) is 33.6. The maximum atomic E-state index is 13.2. The third-order valence-corrected chi connectivity index (χ3v) is 5.90. The van der Waals surface area contributed by atoms with E-state index >= 15 is 0 Å². The van der Waals surface area contributed by atoms with Gasteiger partial charge in [-0.2, -0.15) is 0 Å². The molecule has 0 aliphatic carbocycles. The van der Waals surface area contributed by atoms with Crippen LogP contribution in [0.15, 0.2) is 24.3 Å². The van der Waals surface area contributed by atoms with Crippen molar-refractivity contribution in [2.45, 2.75) is 44.4 Å². The molecule has 3 N–H and O–H groups in total. The monoisotopic (exact) mass is 357 g/mol. The number of nitrogens with one attached hydrogen (secondary N) is 2. The summed E-state index contributed by atoms with van der Waals surface area (Å²) < 4.78 is 0. The minimum absolute atomic E-state index is 0.291. The van der Waals surface area contributed by atoms with Crippen molar-refractivity contribution >= 4 is 23.4 Å². The van der Waals surface area contributed by atoms with Crippen LogP contribution in [0.2, 0.25) is 0 Å². The lowest BCUT2D eigenvalue weighted by Crippen LogP contribution is -2.54. The number of carbonyl (C=O) groups excluding carboxylic acids is 3. The minimum atomic E-state index is -1.31. The topological polar surface area (TPSA) is 98.7 Å². The number of imide groups is 1. The van der Waals surface area contributed by atoms with Crippen LogP contribution in [0, 0.1) is 11.8 Å². The van der Waals surface area contributed by atoms with Crippen LogP contribution in [0.5, 0.6) is 0 Å². The summed E-state index contributed by atoms with van der Waals surface area (Å²) in [5, 5.41) is 16.3. The Hall–Kier alpha value is -2.25. The van der Waals surface area contributed by atoms with E-state index < -0.39 is 29.5 Å². The Morgan fingerprint density at radius 3 is 2.65 bits per heavy atom. The van der Waals surface area contributed by atoms with E-state index in [9.17, 15) is 19.5 Å². The molecule has 0 bridgehead atoms. The Labute approximate surface area is 151 Å². The van der Waals surface area contributed by atoms with Gasteiger partial charge in [-0.05, 0) is 19.4 Å². The molecule has 0 unspecified atom stereocenters. The molecule has 3 amide bonds. The number of fused-ring (bicyclic) bond motifs is 4. The highest BCUT2D eigenvalue weighted by Gasteiger charge is 2.70. The lowest BCUT2D eigenvalue weighted by molar-refractivity contribution is -0.143. The van der Waals surface area contributed by atoms with Crippen LogP contribution < -0.4 is 10.6 Å². The number of aliphatic hydroxyl groups excluding tert-OH is 1. The average molecular weight is 357 g/mol. The van der Waals surface area contributed by atoms with Gasteiger partial charge in [-0.15, -0.1) is 0 Å². The zero-order valence-corrected chi connectivity index (χ0v) is 14.9. The number of hydrogen-bond acceptors (Lipinski definition) is 5. The molecule has 7 heteroatoms. The Balaban J connectivity index is 1.85. The van der Waals surface area contributed by atoms with Crippen LogP contribution in [0.25, 0.3) is 0 Å². The molecule has 1 spiro atoms. The largest absolute Gasteiger partial charge is 0.392 e. The standard InChI is InChI=1S/C19H23N3O4/c1-3-4-9-22-16(24)13-14(17(22)25)19(21-15(13)10(2)23)11-7-5-6-8-12(11)20-18(19)26/h5-8,10,13-15,21,23H,3-4,9H2,1-2H3,(H,20,26)/t10-,13+,14-,15-,19-/m1/s1. The lowest BCUT2D eigenvalue weighted by atomic mass is 9.76. The smallest absolute Gasteiger partial charge is 0.250 e. The predicted molar refractivity (Wildman–Crippen MR) is 94.0 cm³/mol. The quantitative estimate of drug-likeness (QED) is 0.685. The number of para-hydroxylation sites is 1. The summed E-state index contributed by atoms with van der Waals surface area (Å²) in [5.74, 6) is -2.53. The number of hydrogen-bond donors (Lipinski definition) is 3. The van der Waals surface area contributed by atoms with Gasteiger partial charge >= 0.3 is 0 Å². The molecule has 1 aromatic carbocycles. The van der Waals surface area contributed by atoms with Gasteiger partial charge in [-0.3, -0.25) is 24.6 Å². The zero-order valence-electron chi connectivity index (χ0n) is 14.9. The van der Waals surface area contributed by atoms with Crippen LogP contribution >= 0.6 is 0 Å². The molecule has 3 aliphatic rings. The van der Waals surface area contributed by atoms with Crippen molar-refractivity contribution in [1.82, 2.24) is 10.2 Å². The number of nitrogens with zero attached hydrogens (tertiary/aromatic N) is 1. The Bertz CT molecular complexity index is 793. The number of amides is 3. The van der Waals surface area contributed by atoms with Crippen molar-refractivity contribution in [3.63, 3.8) is 0 Å². The molecule has 2 fully saturated rings. The second-order valence-corrected chi connectivity index (χ2v) is 7.40. The van der Waals surface area contributed by atoms with Crippen LogP contribution in [0.4, 0.5) is 5.69 Å². The van der Waals surface area contributed by atoms with Crippen LogP contribution in [0.1, 0.15) is 32.3 Å². The molecule has 0 saturated carbocycles. The number of anilines is 1. The zero-order chi connectivity index (χ0) is 18.6. The van der Waals surface area contributed by atoms with Gasteiger partial charge in [0.1, 0.15) is 5.54 Å². The first-order valence-corrected chi connectivity index (χ1v) is 9.15. The third-order valence-electron chi connectivity index (χ3n) is 5.90. The van der Waals surface area contributed by atoms with Crippen molar-refractivity contribution in [2.75, 3.05) is 11.9 Å². The highest BCUT2D eigenvalue weighted by molar-refractivity contribution is 6.15. The molecule has 7 nitrogen and oxygen atoms in total. The fourth-order valence-electron chi connectivity index (χ4n) is 4.70. The maximum absolute atomic E-state index is 13.2. The van der Waals surface area contributed by atoms with Gasteiger partial charge in [0.25, 0.3) is 0 Å². The third kappa shape index (κ3) is 2.04. The lowest BCUT2D eigenvalue weighted by Gasteiger charge is -2.30. The summed E-state index contributed by atoms with van der Waals surface area (Å²) in [5.41, 5.74) is 0.000255. The predicted octanol–water partition coefficient (Wildman–Crippen LogP) is 0.588. The Morgan fingerprint density at radius 2 is 1.96 bits per heavy atom. The molecule has 1 aromatic rings. The number of unbranched alkanes of at least 4 members (excludes halogenated alkanes) is 1. The SMILES string of the molecule is CCCCN1C(=O)[C@@H]2[C@@H]([C@@H](C)O)N[C@@]3(C(=O)Nc4ccccc43)[C@H]2C1=O. The van der Waals surface area contributed by atoms with Crippen molar-refractivity contribution in [1.29, 1.82) is 0 Å². The molecule has 5 atom stereocenters. The van der Waals surface area contributed by atoms with Gasteiger partial charge in [0.05, 0.1) is 17.9 Å². The first-order valence-electron chi connectivity index (χ1n) is 9.15.